The zero-order valence-electron chi connectivity index (χ0n) is 7.96. The van der Waals surface area contributed by atoms with Gasteiger partial charge in [-0.05, 0) is 11.1 Å². The standard InChI is InChI=1S/C11H9BF3/c1-2-4-10-5-3-6-11(9-10)7-8-12(13,14)15/h1,3,5-9H,4H2/q-1/b8-7+. The summed E-state index contributed by atoms with van der Waals surface area (Å²) < 4.78 is 35.8. The van der Waals surface area contributed by atoms with E-state index in [1.54, 1.807) is 24.3 Å². The van der Waals surface area contributed by atoms with E-state index in [0.717, 1.165) is 11.6 Å². The third-order valence-electron chi connectivity index (χ3n) is 1.76. The molecular formula is C11H9BF3-. The molecule has 0 aliphatic heterocycles. The summed E-state index contributed by atoms with van der Waals surface area (Å²) in [6.45, 7) is -4.87. The van der Waals surface area contributed by atoms with Gasteiger partial charge in [-0.15, -0.1) is 18.3 Å². The molecule has 1 aromatic rings. The molecule has 0 saturated carbocycles. The maximum absolute atomic E-state index is 11.9. The fraction of sp³-hybridized carbons (Fsp3) is 0.0909. The SMILES string of the molecule is C#CCc1cccc(/C=C/[B-](F)(F)F)c1. The molecule has 0 aliphatic carbocycles. The molecule has 0 aliphatic rings. The number of halogens is 3. The van der Waals surface area contributed by atoms with E-state index in [-0.39, 0.29) is 5.98 Å². The van der Waals surface area contributed by atoms with Gasteiger partial charge >= 0.3 is 6.98 Å². The molecule has 0 bridgehead atoms. The van der Waals surface area contributed by atoms with Crippen molar-refractivity contribution in [3.05, 3.63) is 41.4 Å². The molecule has 0 aromatic heterocycles. The van der Waals surface area contributed by atoms with Crippen LogP contribution in [0.2, 0.25) is 0 Å². The highest BCUT2D eigenvalue weighted by molar-refractivity contribution is 6.64. The first kappa shape index (κ1) is 11.4. The van der Waals surface area contributed by atoms with Crippen LogP contribution in [0.3, 0.4) is 0 Å². The number of benzene rings is 1. The van der Waals surface area contributed by atoms with E-state index >= 15 is 0 Å². The minimum Gasteiger partial charge on any atom is -0.445 e. The normalized spacial score (nSPS) is 11.6. The Bertz CT molecular complexity index is 399. The molecule has 0 saturated heterocycles. The lowest BCUT2D eigenvalue weighted by molar-refractivity contribution is 0.499. The highest BCUT2D eigenvalue weighted by Gasteiger charge is 2.16. The molecule has 0 spiro atoms. The van der Waals surface area contributed by atoms with Crippen molar-refractivity contribution in [1.82, 2.24) is 0 Å². The molecule has 1 rings (SSSR count). The molecule has 0 unspecified atom stereocenters. The molecule has 0 N–H and O–H groups in total. The van der Waals surface area contributed by atoms with Gasteiger partial charge in [-0.3, -0.25) is 0 Å². The maximum atomic E-state index is 11.9. The fourth-order valence-electron chi connectivity index (χ4n) is 1.14. The van der Waals surface area contributed by atoms with Crippen molar-refractivity contribution < 1.29 is 12.9 Å². The highest BCUT2D eigenvalue weighted by atomic mass is 19.4. The molecular weight excluding hydrogens is 200 g/mol. The Kier molecular flexibility index (Phi) is 3.62. The zero-order valence-corrected chi connectivity index (χ0v) is 7.96. The molecule has 1 aromatic carbocycles. The predicted molar refractivity (Wildman–Crippen MR) is 57.1 cm³/mol. The molecule has 0 amide bonds. The van der Waals surface area contributed by atoms with Crippen LogP contribution in [0, 0.1) is 12.3 Å². The minimum atomic E-state index is -4.87. The van der Waals surface area contributed by atoms with Crippen molar-refractivity contribution >= 4 is 13.1 Å². The highest BCUT2D eigenvalue weighted by Crippen LogP contribution is 2.14. The summed E-state index contributed by atoms with van der Waals surface area (Å²) in [5, 5.41) is 0. The van der Waals surface area contributed by atoms with Gasteiger partial charge in [0, 0.05) is 6.42 Å². The Balaban J connectivity index is 2.83. The lowest BCUT2D eigenvalue weighted by Crippen LogP contribution is -2.09. The van der Waals surface area contributed by atoms with Crippen molar-refractivity contribution in [2.24, 2.45) is 0 Å². The summed E-state index contributed by atoms with van der Waals surface area (Å²) in [5.74, 6) is 2.71. The van der Waals surface area contributed by atoms with Crippen molar-refractivity contribution in [3.63, 3.8) is 0 Å². The van der Waals surface area contributed by atoms with Gasteiger partial charge in [0.25, 0.3) is 0 Å². The number of hydrogen-bond acceptors (Lipinski definition) is 0. The van der Waals surface area contributed by atoms with E-state index in [0.29, 0.717) is 12.0 Å². The van der Waals surface area contributed by atoms with Crippen LogP contribution >= 0.6 is 0 Å². The van der Waals surface area contributed by atoms with Crippen LogP contribution in [0.15, 0.2) is 30.2 Å². The van der Waals surface area contributed by atoms with Gasteiger partial charge in [-0.2, -0.15) is 0 Å². The van der Waals surface area contributed by atoms with Gasteiger partial charge in [0.05, 0.1) is 0 Å². The van der Waals surface area contributed by atoms with E-state index in [4.69, 9.17) is 6.42 Å². The smallest absolute Gasteiger partial charge is 0.445 e. The first-order valence-electron chi connectivity index (χ1n) is 4.43. The van der Waals surface area contributed by atoms with E-state index in [9.17, 15) is 12.9 Å². The Labute approximate surface area is 86.9 Å². The van der Waals surface area contributed by atoms with Crippen molar-refractivity contribution in [1.29, 1.82) is 0 Å². The van der Waals surface area contributed by atoms with Crippen LogP contribution < -0.4 is 0 Å². The Morgan fingerprint density at radius 3 is 2.67 bits per heavy atom. The first-order valence-corrected chi connectivity index (χ1v) is 4.43. The average molecular weight is 209 g/mol. The van der Waals surface area contributed by atoms with Gasteiger partial charge in [0.2, 0.25) is 0 Å². The third-order valence-corrected chi connectivity index (χ3v) is 1.76. The summed E-state index contributed by atoms with van der Waals surface area (Å²) >= 11 is 0. The average Bonchev–Trinajstić information content (AvgIpc) is 2.15. The second kappa shape index (κ2) is 4.74. The second-order valence-corrected chi connectivity index (χ2v) is 3.11. The van der Waals surface area contributed by atoms with Gasteiger partial charge < -0.3 is 12.9 Å². The van der Waals surface area contributed by atoms with Crippen LogP contribution in [0.25, 0.3) is 6.08 Å². The number of hydrogen-bond donors (Lipinski definition) is 0. The summed E-state index contributed by atoms with van der Waals surface area (Å²) in [5.41, 5.74) is 1.36. The van der Waals surface area contributed by atoms with Crippen LogP contribution in [0.1, 0.15) is 11.1 Å². The van der Waals surface area contributed by atoms with Gasteiger partial charge in [0.1, 0.15) is 0 Å². The monoisotopic (exact) mass is 209 g/mol. The molecule has 4 heteroatoms. The second-order valence-electron chi connectivity index (χ2n) is 3.11. The van der Waals surface area contributed by atoms with E-state index in [1.807, 2.05) is 0 Å². The van der Waals surface area contributed by atoms with Gasteiger partial charge in [-0.25, -0.2) is 0 Å². The first-order chi connectivity index (χ1) is 7.01. The Morgan fingerprint density at radius 2 is 2.07 bits per heavy atom. The van der Waals surface area contributed by atoms with Crippen LogP contribution in [0.5, 0.6) is 0 Å². The summed E-state index contributed by atoms with van der Waals surface area (Å²) in [6, 6.07) is 6.74. The van der Waals surface area contributed by atoms with Crippen LogP contribution in [-0.4, -0.2) is 6.98 Å². The Hall–Kier alpha value is -1.63. The fourth-order valence-corrected chi connectivity index (χ4v) is 1.14. The Morgan fingerprint density at radius 1 is 1.33 bits per heavy atom. The molecule has 0 nitrogen and oxygen atoms in total. The van der Waals surface area contributed by atoms with E-state index < -0.39 is 6.98 Å². The topological polar surface area (TPSA) is 0 Å². The van der Waals surface area contributed by atoms with Crippen molar-refractivity contribution in [2.75, 3.05) is 0 Å². The minimum absolute atomic E-state index is 0.273. The number of terminal acetylenes is 1. The largest absolute Gasteiger partial charge is 0.502 e. The zero-order chi connectivity index (χ0) is 11.3. The molecule has 78 valence electrons. The van der Waals surface area contributed by atoms with E-state index in [2.05, 4.69) is 5.92 Å². The summed E-state index contributed by atoms with van der Waals surface area (Å²) in [6.07, 6.45) is 6.59. The van der Waals surface area contributed by atoms with Gasteiger partial charge in [0.15, 0.2) is 0 Å². The van der Waals surface area contributed by atoms with Crippen LogP contribution in [-0.2, 0) is 6.42 Å². The lowest BCUT2D eigenvalue weighted by atomic mass is 9.90. The number of rotatable bonds is 3. The lowest BCUT2D eigenvalue weighted by Gasteiger charge is -2.06. The molecule has 0 fully saturated rings. The summed E-state index contributed by atoms with van der Waals surface area (Å²) in [7, 11) is 0. The molecule has 0 atom stereocenters. The van der Waals surface area contributed by atoms with E-state index in [1.165, 1.54) is 0 Å². The maximum Gasteiger partial charge on any atom is 0.502 e. The predicted octanol–water partition coefficient (Wildman–Crippen LogP) is 3.26. The van der Waals surface area contributed by atoms with Crippen molar-refractivity contribution in [3.8, 4) is 12.3 Å². The quantitative estimate of drug-likeness (QED) is 0.529. The van der Waals surface area contributed by atoms with Crippen LogP contribution in [0.4, 0.5) is 12.9 Å². The molecule has 0 heterocycles. The molecule has 15 heavy (non-hydrogen) atoms. The van der Waals surface area contributed by atoms with Gasteiger partial charge in [-0.1, -0.05) is 30.3 Å². The third kappa shape index (κ3) is 4.41. The summed E-state index contributed by atoms with van der Waals surface area (Å²) in [4.78, 5) is 0. The van der Waals surface area contributed by atoms with Crippen molar-refractivity contribution in [2.45, 2.75) is 6.42 Å². The molecule has 0 radical (unpaired) electrons.